The molecule has 4 N–H and O–H groups in total. The molecule has 0 radical (unpaired) electrons. The Morgan fingerprint density at radius 1 is 1.15 bits per heavy atom. The summed E-state index contributed by atoms with van der Waals surface area (Å²) in [7, 11) is -3.70. The summed E-state index contributed by atoms with van der Waals surface area (Å²) < 4.78 is 28.1. The number of amides is 2. The zero-order valence-corrected chi connectivity index (χ0v) is 14.5. The Morgan fingerprint density at radius 3 is 2.62 bits per heavy atom. The smallest absolute Gasteiger partial charge is 0.262 e. The number of primary sulfonamides is 1. The summed E-state index contributed by atoms with van der Waals surface area (Å²) >= 11 is 0. The molecule has 1 aliphatic rings. The second-order valence-corrected chi connectivity index (χ2v) is 7.43. The first-order chi connectivity index (χ1) is 12.3. The number of hydrogen-bond acceptors (Lipinski definition) is 5. The third-order valence-corrected chi connectivity index (χ3v) is 4.45. The molecule has 2 amide bonds. The van der Waals surface area contributed by atoms with Gasteiger partial charge < -0.3 is 15.4 Å². The van der Waals surface area contributed by atoms with Crippen LogP contribution in [0, 0.1) is 0 Å². The van der Waals surface area contributed by atoms with Crippen LogP contribution in [0.25, 0.3) is 0 Å². The monoisotopic (exact) mass is 375 g/mol. The molecule has 0 aromatic heterocycles. The molecule has 0 bridgehead atoms. The quantitative estimate of drug-likeness (QED) is 0.718. The number of carbonyl (C=O) groups excluding carboxylic acids is 2. The molecule has 0 fully saturated rings. The van der Waals surface area contributed by atoms with Crippen LogP contribution in [0.15, 0.2) is 42.5 Å². The van der Waals surface area contributed by atoms with E-state index in [0.29, 0.717) is 28.3 Å². The Labute approximate surface area is 150 Å². The van der Waals surface area contributed by atoms with E-state index in [2.05, 4.69) is 10.6 Å². The van der Waals surface area contributed by atoms with Crippen LogP contribution in [0.3, 0.4) is 0 Å². The largest absolute Gasteiger partial charge is 0.479 e. The van der Waals surface area contributed by atoms with Crippen molar-refractivity contribution in [1.82, 2.24) is 0 Å². The lowest BCUT2D eigenvalue weighted by Crippen LogP contribution is -2.26. The predicted molar refractivity (Wildman–Crippen MR) is 96.2 cm³/mol. The topological polar surface area (TPSA) is 128 Å². The molecular weight excluding hydrogens is 358 g/mol. The van der Waals surface area contributed by atoms with E-state index in [1.807, 2.05) is 0 Å². The highest BCUT2D eigenvalue weighted by Gasteiger charge is 2.20. The average molecular weight is 375 g/mol. The Balaban J connectivity index is 1.77. The highest BCUT2D eigenvalue weighted by molar-refractivity contribution is 7.88. The summed E-state index contributed by atoms with van der Waals surface area (Å²) in [6.07, 6.45) is -0.0261. The van der Waals surface area contributed by atoms with Gasteiger partial charge in [0.05, 0.1) is 23.5 Å². The fraction of sp³-hybridized carbons (Fsp3) is 0.176. The summed E-state index contributed by atoms with van der Waals surface area (Å²) in [5.41, 5.74) is 1.95. The molecule has 136 valence electrons. The van der Waals surface area contributed by atoms with Gasteiger partial charge in [-0.25, -0.2) is 13.6 Å². The fourth-order valence-corrected chi connectivity index (χ4v) is 3.38. The fourth-order valence-electron chi connectivity index (χ4n) is 2.67. The molecule has 8 nitrogen and oxygen atoms in total. The molecule has 9 heteroatoms. The number of rotatable bonds is 5. The SMILES string of the molecule is NS(=O)(=O)Cc1ccccc1CC(=O)Nc1cccc2c1OCC(=O)N2. The first-order valence-electron chi connectivity index (χ1n) is 7.74. The van der Waals surface area contributed by atoms with E-state index in [9.17, 15) is 18.0 Å². The number of nitrogens with two attached hydrogens (primary N) is 1. The van der Waals surface area contributed by atoms with Gasteiger partial charge in [-0.1, -0.05) is 30.3 Å². The zero-order chi connectivity index (χ0) is 18.7. The number of fused-ring (bicyclic) bond motifs is 1. The van der Waals surface area contributed by atoms with E-state index in [-0.39, 0.29) is 30.6 Å². The van der Waals surface area contributed by atoms with Crippen molar-refractivity contribution in [2.75, 3.05) is 17.2 Å². The van der Waals surface area contributed by atoms with Gasteiger partial charge >= 0.3 is 0 Å². The summed E-state index contributed by atoms with van der Waals surface area (Å²) in [5, 5.41) is 10.5. The molecule has 2 aromatic carbocycles. The van der Waals surface area contributed by atoms with Gasteiger partial charge in [0.2, 0.25) is 15.9 Å². The third-order valence-electron chi connectivity index (χ3n) is 3.74. The van der Waals surface area contributed by atoms with E-state index in [1.54, 1.807) is 42.5 Å². The van der Waals surface area contributed by atoms with Gasteiger partial charge in [0.15, 0.2) is 12.4 Å². The van der Waals surface area contributed by atoms with Crippen LogP contribution >= 0.6 is 0 Å². The van der Waals surface area contributed by atoms with Gasteiger partial charge in [-0.15, -0.1) is 0 Å². The maximum absolute atomic E-state index is 12.4. The standard InChI is InChI=1S/C17H17N3O5S/c18-26(23,24)10-12-5-2-1-4-11(12)8-15(21)19-13-6-3-7-14-17(13)25-9-16(22)20-14/h1-7H,8-10H2,(H,19,21)(H,20,22)(H2,18,23,24). The van der Waals surface area contributed by atoms with Crippen molar-refractivity contribution in [3.05, 3.63) is 53.6 Å². The van der Waals surface area contributed by atoms with Gasteiger partial charge in [0.1, 0.15) is 0 Å². The average Bonchev–Trinajstić information content (AvgIpc) is 2.55. The summed E-state index contributed by atoms with van der Waals surface area (Å²) in [6.45, 7) is -0.128. The van der Waals surface area contributed by atoms with Crippen LogP contribution in [0.1, 0.15) is 11.1 Å². The number of benzene rings is 2. The highest BCUT2D eigenvalue weighted by Crippen LogP contribution is 2.35. The minimum absolute atomic E-state index is 0.0261. The first kappa shape index (κ1) is 17.9. The molecule has 1 heterocycles. The van der Waals surface area contributed by atoms with Gasteiger partial charge in [-0.05, 0) is 23.3 Å². The van der Waals surface area contributed by atoms with Crippen molar-refractivity contribution in [3.63, 3.8) is 0 Å². The molecule has 0 aliphatic carbocycles. The molecule has 2 aromatic rings. The number of nitrogens with one attached hydrogen (secondary N) is 2. The van der Waals surface area contributed by atoms with Gasteiger partial charge in [-0.3, -0.25) is 9.59 Å². The van der Waals surface area contributed by atoms with Crippen LogP contribution in [-0.4, -0.2) is 26.8 Å². The molecule has 0 atom stereocenters. The van der Waals surface area contributed by atoms with Crippen LogP contribution in [0.5, 0.6) is 5.75 Å². The minimum Gasteiger partial charge on any atom is -0.479 e. The van der Waals surface area contributed by atoms with Crippen molar-refractivity contribution in [2.24, 2.45) is 5.14 Å². The van der Waals surface area contributed by atoms with Crippen LogP contribution in [0.4, 0.5) is 11.4 Å². The summed E-state index contributed by atoms with van der Waals surface area (Å²) in [4.78, 5) is 23.8. The van der Waals surface area contributed by atoms with Crippen molar-refractivity contribution in [2.45, 2.75) is 12.2 Å². The number of sulfonamides is 1. The molecule has 0 spiro atoms. The van der Waals surface area contributed by atoms with Gasteiger partial charge in [-0.2, -0.15) is 0 Å². The molecule has 26 heavy (non-hydrogen) atoms. The lowest BCUT2D eigenvalue weighted by molar-refractivity contribution is -0.118. The van der Waals surface area contributed by atoms with Crippen molar-refractivity contribution >= 4 is 33.2 Å². The number of para-hydroxylation sites is 1. The van der Waals surface area contributed by atoms with E-state index < -0.39 is 10.0 Å². The van der Waals surface area contributed by atoms with E-state index >= 15 is 0 Å². The Bertz CT molecular complexity index is 972. The molecular formula is C17H17N3O5S. The lowest BCUT2D eigenvalue weighted by atomic mass is 10.1. The first-order valence-corrected chi connectivity index (χ1v) is 9.46. The van der Waals surface area contributed by atoms with Crippen LogP contribution in [-0.2, 0) is 31.8 Å². The van der Waals surface area contributed by atoms with Crippen LogP contribution in [0.2, 0.25) is 0 Å². The maximum atomic E-state index is 12.4. The van der Waals surface area contributed by atoms with Gasteiger partial charge in [0.25, 0.3) is 5.91 Å². The second kappa shape index (κ2) is 7.14. The van der Waals surface area contributed by atoms with E-state index in [4.69, 9.17) is 9.88 Å². The van der Waals surface area contributed by atoms with Crippen molar-refractivity contribution in [1.29, 1.82) is 0 Å². The van der Waals surface area contributed by atoms with Crippen molar-refractivity contribution < 1.29 is 22.7 Å². The van der Waals surface area contributed by atoms with E-state index in [1.165, 1.54) is 0 Å². The lowest BCUT2D eigenvalue weighted by Gasteiger charge is -2.20. The zero-order valence-electron chi connectivity index (χ0n) is 13.7. The second-order valence-electron chi connectivity index (χ2n) is 5.82. The van der Waals surface area contributed by atoms with Crippen molar-refractivity contribution in [3.8, 4) is 5.75 Å². The highest BCUT2D eigenvalue weighted by atomic mass is 32.2. The Hall–Kier alpha value is -2.91. The Morgan fingerprint density at radius 2 is 1.88 bits per heavy atom. The third kappa shape index (κ3) is 4.38. The number of hydrogen-bond donors (Lipinski definition) is 3. The Kier molecular flexibility index (Phi) is 4.92. The normalized spacial score (nSPS) is 13.3. The number of anilines is 2. The summed E-state index contributed by atoms with van der Waals surface area (Å²) in [5.74, 6) is -0.566. The molecule has 1 aliphatic heterocycles. The molecule has 0 saturated carbocycles. The summed E-state index contributed by atoms with van der Waals surface area (Å²) in [6, 6.07) is 11.7. The van der Waals surface area contributed by atoms with E-state index in [0.717, 1.165) is 0 Å². The molecule has 3 rings (SSSR count). The number of ether oxygens (including phenoxy) is 1. The maximum Gasteiger partial charge on any atom is 0.262 e. The molecule has 0 unspecified atom stereocenters. The number of carbonyl (C=O) groups is 2. The predicted octanol–water partition coefficient (Wildman–Crippen LogP) is 0.987. The minimum atomic E-state index is -3.70. The van der Waals surface area contributed by atoms with Crippen LogP contribution < -0.4 is 20.5 Å². The molecule has 0 saturated heterocycles. The van der Waals surface area contributed by atoms with Gasteiger partial charge in [0, 0.05) is 0 Å².